The first-order chi connectivity index (χ1) is 32.1. The molecular weight excluding hydrogens is 1380 g/mol. The van der Waals surface area contributed by atoms with E-state index in [0.717, 1.165) is 34.0 Å². The predicted molar refractivity (Wildman–Crippen MR) is 269 cm³/mol. The Morgan fingerprint density at radius 3 is 1.57 bits per heavy atom. The number of aromatic nitrogens is 5. The minimum absolute atomic E-state index is 0. The average Bonchev–Trinajstić information content (AvgIpc) is 4.00. The van der Waals surface area contributed by atoms with Crippen molar-refractivity contribution in [1.82, 2.24) is 23.9 Å². The molecule has 3 aliphatic heterocycles. The van der Waals surface area contributed by atoms with Crippen LogP contribution in [-0.4, -0.2) is 23.9 Å². The monoisotopic (exact) mass is 1430 g/mol. The van der Waals surface area contributed by atoms with Crippen LogP contribution < -0.4 is 4.90 Å². The largest absolute Gasteiger partial charge is 0.319 e. The van der Waals surface area contributed by atoms with Crippen molar-refractivity contribution in [2.24, 2.45) is 0 Å². The van der Waals surface area contributed by atoms with Gasteiger partial charge in [-0.2, -0.15) is 72.8 Å². The number of rotatable bonds is 0. The van der Waals surface area contributed by atoms with Gasteiger partial charge in [-0.1, -0.05) is 125 Å². The summed E-state index contributed by atoms with van der Waals surface area (Å²) in [5.74, 6) is 2.07. The molecule has 9 heteroatoms. The normalized spacial score (nSPS) is 14.8. The first kappa shape index (κ1) is 46.8. The Bertz CT molecular complexity index is 3800. The Labute approximate surface area is 442 Å². The summed E-state index contributed by atoms with van der Waals surface area (Å²) in [7, 11) is 0. The van der Waals surface area contributed by atoms with E-state index in [2.05, 4.69) is 182 Å². The summed E-state index contributed by atoms with van der Waals surface area (Å²) >= 11 is 0. The van der Waals surface area contributed by atoms with Gasteiger partial charge in [0.15, 0.2) is 0 Å². The van der Waals surface area contributed by atoms with Crippen molar-refractivity contribution in [3.05, 3.63) is 216 Å². The molecule has 0 spiro atoms. The molecule has 69 heavy (non-hydrogen) atoms. The van der Waals surface area contributed by atoms with E-state index in [4.69, 9.17) is 9.97 Å². The fourth-order valence-electron chi connectivity index (χ4n) is 11.6. The molecule has 0 N–H and O–H groups in total. The third kappa shape index (κ3) is 6.48. The van der Waals surface area contributed by atoms with Crippen molar-refractivity contribution in [2.45, 2.75) is 57.8 Å². The molecule has 0 amide bonds. The maximum absolute atomic E-state index is 4.79. The molecule has 3 radical (unpaired) electrons. The SMILES string of the molecule is CC1(C)c2ccc[c-]c2N2c3ncccc3C(C)(C)c3cccc1c32.CC1(C)c2cccnc2-n2c3[c-]cccc3c3cccc1c32.[Ir].[Ir].[Ir].[c-]1cccc2c3cccc4c5cccnc5n(c12)c34. The molecule has 9 heterocycles. The van der Waals surface area contributed by atoms with Gasteiger partial charge in [0.05, 0.1) is 5.69 Å². The second-order valence-electron chi connectivity index (χ2n) is 19.4. The van der Waals surface area contributed by atoms with Gasteiger partial charge in [0.2, 0.25) is 0 Å². The minimum Gasteiger partial charge on any atom is -0.319 e. The molecule has 6 nitrogen and oxygen atoms in total. The number of anilines is 3. The second-order valence-corrected chi connectivity index (χ2v) is 19.4. The van der Waals surface area contributed by atoms with E-state index in [1.807, 2.05) is 61.1 Å². The number of nitrogens with zero attached hydrogens (tertiary/aromatic N) is 6. The Kier molecular flexibility index (Phi) is 11.5. The van der Waals surface area contributed by atoms with E-state index in [0.29, 0.717) is 0 Å². The van der Waals surface area contributed by atoms with Crippen LogP contribution in [0.4, 0.5) is 17.2 Å². The Morgan fingerprint density at radius 1 is 0.391 bits per heavy atom. The summed E-state index contributed by atoms with van der Waals surface area (Å²) in [5.41, 5.74) is 15.9. The van der Waals surface area contributed by atoms with Crippen LogP contribution in [0.25, 0.3) is 65.8 Å². The van der Waals surface area contributed by atoms with E-state index in [1.54, 1.807) is 0 Å². The maximum Gasteiger partial charge on any atom is 0.143 e. The fraction of sp³-hybridized carbons (Fsp3) is 0.150. The fourth-order valence-corrected chi connectivity index (χ4v) is 11.6. The van der Waals surface area contributed by atoms with Crippen LogP contribution >= 0.6 is 0 Å². The first-order valence-electron chi connectivity index (χ1n) is 22.8. The Balaban J connectivity index is 0.000000119. The topological polar surface area (TPSA) is 51.2 Å². The van der Waals surface area contributed by atoms with E-state index in [1.165, 1.54) is 82.4 Å². The molecule has 12 aromatic rings. The number of fused-ring (bicyclic) bond motifs is 15. The van der Waals surface area contributed by atoms with E-state index < -0.39 is 0 Å². The molecule has 15 rings (SSSR count). The molecule has 0 atom stereocenters. The molecular formula is C60H45Ir3N6-3. The Morgan fingerprint density at radius 2 is 0.841 bits per heavy atom. The molecule has 0 saturated heterocycles. The average molecular weight is 1430 g/mol. The molecule has 0 bridgehead atoms. The summed E-state index contributed by atoms with van der Waals surface area (Å²) in [5, 5.41) is 7.54. The van der Waals surface area contributed by atoms with Gasteiger partial charge in [0.1, 0.15) is 17.3 Å². The van der Waals surface area contributed by atoms with E-state index in [9.17, 15) is 0 Å². The smallest absolute Gasteiger partial charge is 0.143 e. The van der Waals surface area contributed by atoms with Gasteiger partial charge in [-0.05, 0) is 57.1 Å². The quantitative estimate of drug-likeness (QED) is 0.142. The summed E-state index contributed by atoms with van der Waals surface area (Å²) in [6.45, 7) is 13.8. The molecule has 0 aliphatic carbocycles. The van der Waals surface area contributed by atoms with E-state index >= 15 is 0 Å². The van der Waals surface area contributed by atoms with Crippen molar-refractivity contribution in [2.75, 3.05) is 4.90 Å². The third-order valence-electron chi connectivity index (χ3n) is 14.9. The van der Waals surface area contributed by atoms with Crippen LogP contribution in [0.5, 0.6) is 0 Å². The predicted octanol–water partition coefficient (Wildman–Crippen LogP) is 14.3. The van der Waals surface area contributed by atoms with Crippen LogP contribution in [0.3, 0.4) is 0 Å². The Hall–Kier alpha value is -5.88. The standard InChI is InChI=1S/C23H21N2.C20H15N2.C17H9N2.3Ir/c1-22(2)15-9-5-6-13-19(15)25-20-16(22)10-7-11-17(20)23(3,4)18-12-8-14-24-21(18)25;1-20(2)15-9-5-8-14-13-7-3-4-11-17(13)22(18(14)15)19-16(20)10-6-12-21-19;1-2-9-15-11(5-1)12-6-3-7-13-14-8-4-10-18-17(14)19(15)16(12)13;;;/h5-12,14H,1-4H3;3-10,12H,1-2H3;1-8,10H;;;/q3*-1;;;. The van der Waals surface area contributed by atoms with Crippen molar-refractivity contribution in [3.8, 4) is 5.82 Å². The van der Waals surface area contributed by atoms with Gasteiger partial charge < -0.3 is 13.9 Å². The van der Waals surface area contributed by atoms with Gasteiger partial charge >= 0.3 is 0 Å². The molecule has 6 aromatic heterocycles. The number of hydrogen-bond acceptors (Lipinski definition) is 4. The molecule has 6 aromatic carbocycles. The first-order valence-corrected chi connectivity index (χ1v) is 22.8. The maximum atomic E-state index is 4.79. The van der Waals surface area contributed by atoms with Crippen LogP contribution in [0.1, 0.15) is 74.9 Å². The van der Waals surface area contributed by atoms with E-state index in [-0.39, 0.29) is 76.6 Å². The second kappa shape index (κ2) is 16.9. The van der Waals surface area contributed by atoms with Gasteiger partial charge in [-0.25, -0.2) is 15.0 Å². The van der Waals surface area contributed by atoms with Crippen LogP contribution in [0.2, 0.25) is 0 Å². The molecule has 345 valence electrons. The van der Waals surface area contributed by atoms with Crippen LogP contribution in [0, 0.1) is 18.2 Å². The molecule has 3 aliphatic rings. The molecule has 0 saturated carbocycles. The molecule has 0 fully saturated rings. The van der Waals surface area contributed by atoms with Crippen molar-refractivity contribution in [1.29, 1.82) is 0 Å². The summed E-state index contributed by atoms with van der Waals surface area (Å²) in [6.07, 6.45) is 5.62. The van der Waals surface area contributed by atoms with Gasteiger partial charge in [0, 0.05) is 123 Å². The number of benzene rings is 6. The number of hydrogen-bond donors (Lipinski definition) is 0. The summed E-state index contributed by atoms with van der Waals surface area (Å²) in [6, 6.07) is 61.4. The number of para-hydroxylation sites is 6. The zero-order valence-electron chi connectivity index (χ0n) is 38.8. The van der Waals surface area contributed by atoms with Gasteiger partial charge in [0.25, 0.3) is 0 Å². The van der Waals surface area contributed by atoms with Crippen LogP contribution in [-0.2, 0) is 76.6 Å². The van der Waals surface area contributed by atoms with Crippen molar-refractivity contribution < 1.29 is 60.3 Å². The van der Waals surface area contributed by atoms with Crippen molar-refractivity contribution in [3.63, 3.8) is 0 Å². The summed E-state index contributed by atoms with van der Waals surface area (Å²) < 4.78 is 4.51. The van der Waals surface area contributed by atoms with Gasteiger partial charge in [-0.15, -0.1) is 16.3 Å². The molecule has 0 unspecified atom stereocenters. The zero-order valence-corrected chi connectivity index (χ0v) is 46.0. The number of pyridine rings is 3. The minimum atomic E-state index is -0.0756. The zero-order chi connectivity index (χ0) is 44.7. The van der Waals surface area contributed by atoms with Crippen LogP contribution in [0.15, 0.2) is 164 Å². The summed E-state index contributed by atoms with van der Waals surface area (Å²) in [4.78, 5) is 16.4. The van der Waals surface area contributed by atoms with Crippen molar-refractivity contribution >= 4 is 77.2 Å². The van der Waals surface area contributed by atoms with Gasteiger partial charge in [-0.3, -0.25) is 0 Å². The third-order valence-corrected chi connectivity index (χ3v) is 14.9.